The van der Waals surface area contributed by atoms with Crippen LogP contribution in [0.2, 0.25) is 0 Å². The Morgan fingerprint density at radius 2 is 1.81 bits per heavy atom. The molecule has 0 aromatic rings. The number of esters is 1. The molecule has 0 bridgehead atoms. The fourth-order valence-corrected chi connectivity index (χ4v) is 1.48. The third-order valence-corrected chi connectivity index (χ3v) is 2.03. The van der Waals surface area contributed by atoms with Gasteiger partial charge in [0.25, 0.3) is 0 Å². The van der Waals surface area contributed by atoms with Gasteiger partial charge in [0, 0.05) is 0 Å². The zero-order valence-electron chi connectivity index (χ0n) is 9.91. The summed E-state index contributed by atoms with van der Waals surface area (Å²) in [5.41, 5.74) is 5.00. The molecule has 0 aliphatic rings. The SMILES string of the molecule is CC(N)(I)CC(C(=O)O)C(=O)OC(C)(C)C. The van der Waals surface area contributed by atoms with E-state index >= 15 is 0 Å². The molecule has 0 saturated heterocycles. The Bertz CT molecular complexity index is 278. The van der Waals surface area contributed by atoms with Crippen molar-refractivity contribution in [2.24, 2.45) is 11.7 Å². The average Bonchev–Trinajstić information content (AvgIpc) is 1.94. The van der Waals surface area contributed by atoms with E-state index in [9.17, 15) is 9.59 Å². The van der Waals surface area contributed by atoms with Gasteiger partial charge in [0.2, 0.25) is 0 Å². The molecular weight excluding hydrogens is 325 g/mol. The second-order valence-corrected chi connectivity index (χ2v) is 7.37. The Hall–Kier alpha value is -0.370. The Kier molecular flexibility index (Phi) is 5.18. The van der Waals surface area contributed by atoms with Gasteiger partial charge in [-0.1, -0.05) is 22.6 Å². The van der Waals surface area contributed by atoms with Crippen molar-refractivity contribution >= 4 is 34.5 Å². The topological polar surface area (TPSA) is 89.6 Å². The van der Waals surface area contributed by atoms with Gasteiger partial charge in [-0.25, -0.2) is 0 Å². The zero-order valence-corrected chi connectivity index (χ0v) is 12.1. The predicted molar refractivity (Wildman–Crippen MR) is 68.2 cm³/mol. The summed E-state index contributed by atoms with van der Waals surface area (Å²) in [6.45, 7) is 6.73. The van der Waals surface area contributed by atoms with E-state index in [1.165, 1.54) is 0 Å². The van der Waals surface area contributed by atoms with Crippen LogP contribution in [-0.4, -0.2) is 26.2 Å². The molecule has 94 valence electrons. The summed E-state index contributed by atoms with van der Waals surface area (Å²) in [5, 5.41) is 8.94. The number of hydrogen-bond acceptors (Lipinski definition) is 4. The molecule has 6 heteroatoms. The maximum atomic E-state index is 11.6. The number of nitrogens with two attached hydrogens (primary N) is 1. The fraction of sp³-hybridized carbons (Fsp3) is 0.800. The highest BCUT2D eigenvalue weighted by atomic mass is 127. The van der Waals surface area contributed by atoms with E-state index in [2.05, 4.69) is 0 Å². The molecule has 5 nitrogen and oxygen atoms in total. The van der Waals surface area contributed by atoms with Crippen molar-refractivity contribution in [3.63, 3.8) is 0 Å². The lowest BCUT2D eigenvalue weighted by molar-refractivity contribution is -0.167. The van der Waals surface area contributed by atoms with E-state index in [1.54, 1.807) is 27.7 Å². The number of carboxylic acids is 1. The summed E-state index contributed by atoms with van der Waals surface area (Å²) in [7, 11) is 0. The molecule has 0 aromatic carbocycles. The lowest BCUT2D eigenvalue weighted by atomic mass is 10.0. The van der Waals surface area contributed by atoms with Gasteiger partial charge < -0.3 is 15.6 Å². The molecule has 0 aromatic heterocycles. The van der Waals surface area contributed by atoms with Crippen LogP contribution < -0.4 is 5.73 Å². The largest absolute Gasteiger partial charge is 0.481 e. The molecule has 0 aliphatic carbocycles. The molecule has 16 heavy (non-hydrogen) atoms. The van der Waals surface area contributed by atoms with Gasteiger partial charge in [-0.2, -0.15) is 0 Å². The number of rotatable bonds is 4. The first-order valence-corrected chi connectivity index (χ1v) is 5.94. The van der Waals surface area contributed by atoms with Gasteiger partial charge in [-0.05, 0) is 34.1 Å². The number of alkyl halides is 1. The third-order valence-electron chi connectivity index (χ3n) is 1.59. The van der Waals surface area contributed by atoms with Crippen molar-refractivity contribution in [1.82, 2.24) is 0 Å². The second-order valence-electron chi connectivity index (χ2n) is 4.91. The van der Waals surface area contributed by atoms with E-state index in [-0.39, 0.29) is 6.42 Å². The van der Waals surface area contributed by atoms with Gasteiger partial charge in [-0.3, -0.25) is 9.59 Å². The highest BCUT2D eigenvalue weighted by molar-refractivity contribution is 14.1. The predicted octanol–water partition coefficient (Wildman–Crippen LogP) is 1.53. The molecule has 0 amide bonds. The van der Waals surface area contributed by atoms with Crippen molar-refractivity contribution < 1.29 is 19.4 Å². The van der Waals surface area contributed by atoms with Gasteiger partial charge in [0.1, 0.15) is 5.60 Å². The maximum Gasteiger partial charge on any atom is 0.320 e. The Morgan fingerprint density at radius 3 is 2.06 bits per heavy atom. The lowest BCUT2D eigenvalue weighted by Crippen LogP contribution is -2.39. The van der Waals surface area contributed by atoms with Gasteiger partial charge >= 0.3 is 11.9 Å². The van der Waals surface area contributed by atoms with Crippen LogP contribution in [0.1, 0.15) is 34.1 Å². The fourth-order valence-electron chi connectivity index (χ4n) is 1.04. The molecule has 3 N–H and O–H groups in total. The van der Waals surface area contributed by atoms with E-state index in [0.717, 1.165) is 0 Å². The number of carboxylic acid groups (broad SMARTS) is 1. The summed E-state index contributed by atoms with van der Waals surface area (Å²) >= 11 is 1.90. The quantitative estimate of drug-likeness (QED) is 0.266. The third kappa shape index (κ3) is 7.00. The minimum absolute atomic E-state index is 0.0395. The van der Waals surface area contributed by atoms with Gasteiger partial charge in [0.15, 0.2) is 5.92 Å². The summed E-state index contributed by atoms with van der Waals surface area (Å²) in [4.78, 5) is 22.6. The van der Waals surface area contributed by atoms with Crippen LogP contribution in [0.4, 0.5) is 0 Å². The van der Waals surface area contributed by atoms with Crippen molar-refractivity contribution in [2.45, 2.75) is 43.3 Å². The molecule has 2 atom stereocenters. The second kappa shape index (κ2) is 5.31. The highest BCUT2D eigenvalue weighted by Crippen LogP contribution is 2.23. The normalized spacial score (nSPS) is 17.4. The first kappa shape index (κ1) is 15.6. The highest BCUT2D eigenvalue weighted by Gasteiger charge is 2.35. The smallest absolute Gasteiger partial charge is 0.320 e. The number of carbonyl (C=O) groups is 2. The zero-order chi connectivity index (χ0) is 13.1. The maximum absolute atomic E-state index is 11.6. The van der Waals surface area contributed by atoms with E-state index in [0.29, 0.717) is 0 Å². The molecular formula is C10H18INO4. The van der Waals surface area contributed by atoms with Crippen LogP contribution in [-0.2, 0) is 14.3 Å². The Balaban J connectivity index is 4.68. The molecule has 0 spiro atoms. The lowest BCUT2D eigenvalue weighted by Gasteiger charge is -2.25. The number of aliphatic carboxylic acids is 1. The van der Waals surface area contributed by atoms with Crippen LogP contribution in [0.25, 0.3) is 0 Å². The average molecular weight is 343 g/mol. The number of ether oxygens (including phenoxy) is 1. The molecule has 0 radical (unpaired) electrons. The Morgan fingerprint density at radius 1 is 1.38 bits per heavy atom. The van der Waals surface area contributed by atoms with Crippen LogP contribution in [0, 0.1) is 5.92 Å². The van der Waals surface area contributed by atoms with Crippen LogP contribution in [0.5, 0.6) is 0 Å². The standard InChI is InChI=1S/C10H18INO4/c1-9(2,3)16-8(15)6(7(13)14)5-10(4,11)12/h6H,5,12H2,1-4H3,(H,13,14). The van der Waals surface area contributed by atoms with Crippen molar-refractivity contribution in [3.05, 3.63) is 0 Å². The molecule has 0 saturated carbocycles. The number of halogens is 1. The molecule has 0 fully saturated rings. The van der Waals surface area contributed by atoms with Gasteiger partial charge in [0.05, 0.1) is 3.55 Å². The summed E-state index contributed by atoms with van der Waals surface area (Å²) in [6, 6.07) is 0. The van der Waals surface area contributed by atoms with E-state index in [4.69, 9.17) is 15.6 Å². The Labute approximate surface area is 109 Å². The van der Waals surface area contributed by atoms with Crippen LogP contribution in [0.3, 0.4) is 0 Å². The minimum atomic E-state index is -1.22. The number of carbonyl (C=O) groups excluding carboxylic acids is 1. The van der Waals surface area contributed by atoms with Crippen molar-refractivity contribution in [2.75, 3.05) is 0 Å². The number of hydrogen-bond donors (Lipinski definition) is 2. The molecule has 0 aliphatic heterocycles. The van der Waals surface area contributed by atoms with E-state index in [1.807, 2.05) is 22.6 Å². The molecule has 2 unspecified atom stereocenters. The first-order chi connectivity index (χ1) is 6.92. The van der Waals surface area contributed by atoms with Crippen LogP contribution in [0.15, 0.2) is 0 Å². The minimum Gasteiger partial charge on any atom is -0.481 e. The summed E-state index contributed by atoms with van der Waals surface area (Å²) in [6.07, 6.45) is 0.0395. The van der Waals surface area contributed by atoms with Crippen molar-refractivity contribution in [1.29, 1.82) is 0 Å². The summed E-state index contributed by atoms with van der Waals surface area (Å²) < 4.78 is 4.28. The molecule has 0 heterocycles. The van der Waals surface area contributed by atoms with E-state index < -0.39 is 27.0 Å². The van der Waals surface area contributed by atoms with Crippen molar-refractivity contribution in [3.8, 4) is 0 Å². The van der Waals surface area contributed by atoms with Gasteiger partial charge in [-0.15, -0.1) is 0 Å². The monoisotopic (exact) mass is 343 g/mol. The van der Waals surface area contributed by atoms with Crippen LogP contribution >= 0.6 is 22.6 Å². The summed E-state index contributed by atoms with van der Waals surface area (Å²) in [5.74, 6) is -3.16. The first-order valence-electron chi connectivity index (χ1n) is 4.86. The molecule has 0 rings (SSSR count).